The Balaban J connectivity index is 1.50. The van der Waals surface area contributed by atoms with Gasteiger partial charge >= 0.3 is 6.03 Å². The highest BCUT2D eigenvalue weighted by Gasteiger charge is 2.28. The van der Waals surface area contributed by atoms with Gasteiger partial charge in [0.15, 0.2) is 0 Å². The van der Waals surface area contributed by atoms with Gasteiger partial charge in [-0.2, -0.15) is 0 Å². The van der Waals surface area contributed by atoms with E-state index in [9.17, 15) is 9.59 Å². The van der Waals surface area contributed by atoms with Gasteiger partial charge < -0.3 is 19.6 Å². The van der Waals surface area contributed by atoms with Gasteiger partial charge in [-0.3, -0.25) is 4.79 Å². The van der Waals surface area contributed by atoms with Crippen LogP contribution in [0.3, 0.4) is 0 Å². The Hall–Kier alpha value is -2.54. The van der Waals surface area contributed by atoms with Gasteiger partial charge in [0.05, 0.1) is 5.69 Å². The van der Waals surface area contributed by atoms with E-state index in [0.717, 1.165) is 5.56 Å². The van der Waals surface area contributed by atoms with Crippen molar-refractivity contribution in [1.82, 2.24) is 20.3 Å². The molecule has 0 aliphatic carbocycles. The van der Waals surface area contributed by atoms with Crippen molar-refractivity contribution in [1.29, 1.82) is 0 Å². The molecular weight excluding hydrogens is 380 g/mol. The number of nitrogens with one attached hydrogen (secondary N) is 1. The fourth-order valence-electron chi connectivity index (χ4n) is 3.15. The van der Waals surface area contributed by atoms with Crippen LogP contribution in [0, 0.1) is 6.92 Å². The third kappa shape index (κ3) is 4.65. The molecule has 1 aromatic carbocycles. The van der Waals surface area contributed by atoms with Crippen LogP contribution in [0.4, 0.5) is 4.79 Å². The lowest BCUT2D eigenvalue weighted by atomic mass is 9.84. The molecule has 0 atom stereocenters. The predicted molar refractivity (Wildman–Crippen MR) is 107 cm³/mol. The smallest absolute Gasteiger partial charge is 0.317 e. The molecule has 1 aliphatic rings. The Morgan fingerprint density at radius 1 is 1.18 bits per heavy atom. The minimum Gasteiger partial charge on any atom is -0.351 e. The van der Waals surface area contributed by atoms with Gasteiger partial charge in [-0.1, -0.05) is 42.7 Å². The molecule has 2 aromatic rings. The summed E-state index contributed by atoms with van der Waals surface area (Å²) in [5.41, 5.74) is 1.49. The molecule has 0 saturated carbocycles. The summed E-state index contributed by atoms with van der Waals surface area (Å²) in [6.07, 6.45) is 0. The summed E-state index contributed by atoms with van der Waals surface area (Å²) in [6.45, 7) is 8.26. The zero-order valence-electron chi connectivity index (χ0n) is 16.4. The molecule has 0 bridgehead atoms. The van der Waals surface area contributed by atoms with Crippen LogP contribution in [0.15, 0.2) is 34.9 Å². The number of benzene rings is 1. The Labute approximate surface area is 169 Å². The molecule has 8 heteroatoms. The van der Waals surface area contributed by atoms with Gasteiger partial charge in [-0.15, -0.1) is 0 Å². The average molecular weight is 405 g/mol. The maximum Gasteiger partial charge on any atom is 0.317 e. The van der Waals surface area contributed by atoms with Crippen LogP contribution in [-0.4, -0.2) is 59.6 Å². The number of carbonyl (C=O) groups is 2. The number of nitrogens with zero attached hydrogens (tertiary/aromatic N) is 3. The van der Waals surface area contributed by atoms with E-state index in [1.54, 1.807) is 22.8 Å². The Kier molecular flexibility index (Phi) is 5.93. The highest BCUT2D eigenvalue weighted by Crippen LogP contribution is 2.25. The van der Waals surface area contributed by atoms with Gasteiger partial charge in [-0.05, 0) is 24.6 Å². The topological polar surface area (TPSA) is 78.7 Å². The van der Waals surface area contributed by atoms with E-state index in [4.69, 9.17) is 16.1 Å². The predicted octanol–water partition coefficient (Wildman–Crippen LogP) is 3.08. The van der Waals surface area contributed by atoms with Crippen LogP contribution in [0.2, 0.25) is 5.02 Å². The summed E-state index contributed by atoms with van der Waals surface area (Å²) < 4.78 is 5.04. The molecule has 0 radical (unpaired) electrons. The molecule has 1 N–H and O–H groups in total. The molecule has 7 nitrogen and oxygen atoms in total. The number of hydrogen-bond acceptors (Lipinski definition) is 4. The molecule has 1 fully saturated rings. The van der Waals surface area contributed by atoms with Crippen molar-refractivity contribution in [2.45, 2.75) is 26.2 Å². The zero-order valence-corrected chi connectivity index (χ0v) is 17.1. The summed E-state index contributed by atoms with van der Waals surface area (Å²) in [5, 5.41) is 7.43. The number of rotatable bonds is 4. The summed E-state index contributed by atoms with van der Waals surface area (Å²) in [4.78, 5) is 28.3. The van der Waals surface area contributed by atoms with Crippen molar-refractivity contribution in [2.24, 2.45) is 0 Å². The zero-order chi connectivity index (χ0) is 20.3. The van der Waals surface area contributed by atoms with Gasteiger partial charge in [0.1, 0.15) is 0 Å². The number of aryl methyl sites for hydroxylation is 1. The van der Waals surface area contributed by atoms with Crippen molar-refractivity contribution >= 4 is 23.5 Å². The van der Waals surface area contributed by atoms with Gasteiger partial charge in [0.2, 0.25) is 5.76 Å². The molecule has 150 valence electrons. The molecule has 28 heavy (non-hydrogen) atoms. The Bertz CT molecular complexity index is 857. The summed E-state index contributed by atoms with van der Waals surface area (Å²) in [5.74, 6) is 0.0430. The van der Waals surface area contributed by atoms with Crippen LogP contribution in [0.25, 0.3) is 0 Å². The number of amides is 3. The largest absolute Gasteiger partial charge is 0.351 e. The average Bonchev–Trinajstić information content (AvgIpc) is 3.12. The Morgan fingerprint density at radius 3 is 2.46 bits per heavy atom. The SMILES string of the molecule is Cc1cc(C(=O)N2CCN(C(=O)NCC(C)(C)c3cccc(Cl)c3)CC2)on1. The minimum atomic E-state index is -0.248. The molecule has 3 amide bonds. The van der Waals surface area contributed by atoms with E-state index in [0.29, 0.717) is 43.4 Å². The van der Waals surface area contributed by atoms with Crippen molar-refractivity contribution < 1.29 is 14.1 Å². The van der Waals surface area contributed by atoms with Gasteiger partial charge in [0.25, 0.3) is 5.91 Å². The highest BCUT2D eigenvalue weighted by molar-refractivity contribution is 6.30. The van der Waals surface area contributed by atoms with Crippen LogP contribution in [-0.2, 0) is 5.41 Å². The second-order valence-corrected chi connectivity index (χ2v) is 8.10. The van der Waals surface area contributed by atoms with Crippen molar-refractivity contribution in [2.75, 3.05) is 32.7 Å². The van der Waals surface area contributed by atoms with Crippen molar-refractivity contribution in [3.8, 4) is 0 Å². The third-order valence-corrected chi connectivity index (χ3v) is 5.22. The maximum atomic E-state index is 12.5. The van der Waals surface area contributed by atoms with Crippen LogP contribution < -0.4 is 5.32 Å². The van der Waals surface area contributed by atoms with E-state index in [1.807, 2.05) is 24.3 Å². The first-order valence-electron chi connectivity index (χ1n) is 9.28. The third-order valence-electron chi connectivity index (χ3n) is 4.98. The van der Waals surface area contributed by atoms with Crippen molar-refractivity contribution in [3.05, 3.63) is 52.4 Å². The lowest BCUT2D eigenvalue weighted by molar-refractivity contribution is 0.0624. The second kappa shape index (κ2) is 8.22. The molecule has 3 rings (SSSR count). The number of hydrogen-bond donors (Lipinski definition) is 1. The first-order chi connectivity index (χ1) is 13.3. The van der Waals surface area contributed by atoms with E-state index >= 15 is 0 Å². The summed E-state index contributed by atoms with van der Waals surface area (Å²) in [6, 6.07) is 9.17. The second-order valence-electron chi connectivity index (χ2n) is 7.66. The lowest BCUT2D eigenvalue weighted by Crippen LogP contribution is -2.54. The quantitative estimate of drug-likeness (QED) is 0.849. The van der Waals surface area contributed by atoms with Crippen LogP contribution >= 0.6 is 11.6 Å². The van der Waals surface area contributed by atoms with Gasteiger partial charge in [0, 0.05) is 49.2 Å². The molecule has 0 spiro atoms. The monoisotopic (exact) mass is 404 g/mol. The Morgan fingerprint density at radius 2 is 1.86 bits per heavy atom. The molecular formula is C20H25ClN4O3. The first kappa shape index (κ1) is 20.2. The molecule has 1 aromatic heterocycles. The highest BCUT2D eigenvalue weighted by atomic mass is 35.5. The van der Waals surface area contributed by atoms with Crippen LogP contribution in [0.5, 0.6) is 0 Å². The normalized spacial score (nSPS) is 14.9. The molecule has 2 heterocycles. The van der Waals surface area contributed by atoms with Crippen LogP contribution in [0.1, 0.15) is 35.7 Å². The van der Waals surface area contributed by atoms with Crippen molar-refractivity contribution in [3.63, 3.8) is 0 Å². The number of piperazine rings is 1. The lowest BCUT2D eigenvalue weighted by Gasteiger charge is -2.35. The molecule has 1 saturated heterocycles. The summed E-state index contributed by atoms with van der Waals surface area (Å²) in [7, 11) is 0. The maximum absolute atomic E-state index is 12.5. The number of carbonyl (C=O) groups excluding carboxylic acids is 2. The van der Waals surface area contributed by atoms with Gasteiger partial charge in [-0.25, -0.2) is 4.79 Å². The fourth-order valence-corrected chi connectivity index (χ4v) is 3.34. The number of urea groups is 1. The van der Waals surface area contributed by atoms with E-state index in [2.05, 4.69) is 24.3 Å². The van der Waals surface area contributed by atoms with E-state index in [-0.39, 0.29) is 23.1 Å². The van der Waals surface area contributed by atoms with E-state index < -0.39 is 0 Å². The standard InChI is InChI=1S/C20H25ClN4O3/c1-14-11-17(28-23-14)18(26)24-7-9-25(10-8-24)19(27)22-13-20(2,3)15-5-4-6-16(21)12-15/h4-6,11-12H,7-10,13H2,1-3H3,(H,22,27). The fraction of sp³-hybridized carbons (Fsp3) is 0.450. The van der Waals surface area contributed by atoms with E-state index in [1.165, 1.54) is 0 Å². The molecule has 0 unspecified atom stereocenters. The number of aromatic nitrogens is 1. The molecule has 1 aliphatic heterocycles. The number of halogens is 1. The minimum absolute atomic E-state index is 0.127. The first-order valence-corrected chi connectivity index (χ1v) is 9.65. The summed E-state index contributed by atoms with van der Waals surface area (Å²) >= 11 is 6.08.